The van der Waals surface area contributed by atoms with Crippen molar-refractivity contribution in [1.29, 1.82) is 0 Å². The maximum Gasteiger partial charge on any atom is 0.322 e. The van der Waals surface area contributed by atoms with E-state index >= 15 is 0 Å². The van der Waals surface area contributed by atoms with E-state index in [0.29, 0.717) is 16.7 Å². The number of nitrogens with one attached hydrogen (secondary N) is 1. The lowest BCUT2D eigenvalue weighted by Gasteiger charge is -2.07. The van der Waals surface area contributed by atoms with Gasteiger partial charge in [-0.2, -0.15) is 4.98 Å². The van der Waals surface area contributed by atoms with Gasteiger partial charge in [-0.25, -0.2) is 4.98 Å². The van der Waals surface area contributed by atoms with Crippen LogP contribution in [0, 0.1) is 24.0 Å². The lowest BCUT2D eigenvalue weighted by Crippen LogP contribution is -2.04. The Morgan fingerprint density at radius 1 is 1.30 bits per heavy atom. The molecule has 1 aromatic heterocycles. The Kier molecular flexibility index (Phi) is 4.19. The van der Waals surface area contributed by atoms with E-state index in [1.54, 1.807) is 14.0 Å². The summed E-state index contributed by atoms with van der Waals surface area (Å²) in [5, 5.41) is 14.3. The Morgan fingerprint density at radius 2 is 2.05 bits per heavy atom. The second kappa shape index (κ2) is 5.87. The first-order valence-electron chi connectivity index (χ1n) is 5.96. The van der Waals surface area contributed by atoms with E-state index in [9.17, 15) is 10.1 Å². The van der Waals surface area contributed by atoms with Crippen LogP contribution in [0.2, 0.25) is 0 Å². The molecule has 104 valence electrons. The van der Waals surface area contributed by atoms with E-state index in [2.05, 4.69) is 15.3 Å². The van der Waals surface area contributed by atoms with Crippen molar-refractivity contribution in [3.8, 4) is 0 Å². The van der Waals surface area contributed by atoms with Gasteiger partial charge in [0.2, 0.25) is 5.95 Å². The van der Waals surface area contributed by atoms with E-state index in [4.69, 9.17) is 0 Å². The third kappa shape index (κ3) is 3.05. The average Bonchev–Trinajstić information content (AvgIpc) is 2.37. The van der Waals surface area contributed by atoms with E-state index in [-0.39, 0.29) is 5.69 Å². The lowest BCUT2D eigenvalue weighted by molar-refractivity contribution is -0.389. The molecular weight excluding hydrogens is 276 g/mol. The van der Waals surface area contributed by atoms with Gasteiger partial charge >= 0.3 is 5.69 Å². The smallest absolute Gasteiger partial charge is 0.322 e. The van der Waals surface area contributed by atoms with Crippen LogP contribution >= 0.6 is 11.8 Å². The first-order chi connectivity index (χ1) is 9.51. The summed E-state index contributed by atoms with van der Waals surface area (Å²) < 4.78 is 0. The van der Waals surface area contributed by atoms with Crippen LogP contribution in [0.1, 0.15) is 11.3 Å². The molecule has 0 radical (unpaired) electrons. The van der Waals surface area contributed by atoms with Crippen LogP contribution in [0.4, 0.5) is 11.6 Å². The van der Waals surface area contributed by atoms with Crippen molar-refractivity contribution in [1.82, 2.24) is 9.97 Å². The van der Waals surface area contributed by atoms with Gasteiger partial charge in [0.1, 0.15) is 5.69 Å². The topological polar surface area (TPSA) is 81.0 Å². The molecule has 2 aromatic rings. The molecule has 0 atom stereocenters. The fourth-order valence-corrected chi connectivity index (χ4v) is 2.79. The van der Waals surface area contributed by atoms with Gasteiger partial charge in [-0.05, 0) is 26.0 Å². The van der Waals surface area contributed by atoms with Gasteiger partial charge in [-0.3, -0.25) is 10.1 Å². The van der Waals surface area contributed by atoms with Crippen molar-refractivity contribution in [2.45, 2.75) is 23.8 Å². The highest BCUT2D eigenvalue weighted by Gasteiger charge is 2.22. The molecule has 0 aliphatic carbocycles. The Balaban J connectivity index is 2.48. The lowest BCUT2D eigenvalue weighted by atomic mass is 10.2. The van der Waals surface area contributed by atoms with Crippen LogP contribution in [-0.4, -0.2) is 21.9 Å². The van der Waals surface area contributed by atoms with Crippen molar-refractivity contribution in [3.63, 3.8) is 0 Å². The van der Waals surface area contributed by atoms with E-state index in [1.807, 2.05) is 31.2 Å². The summed E-state index contributed by atoms with van der Waals surface area (Å²) in [7, 11) is 1.68. The number of anilines is 1. The first-order valence-corrected chi connectivity index (χ1v) is 6.78. The van der Waals surface area contributed by atoms with Crippen LogP contribution in [0.5, 0.6) is 0 Å². The maximum atomic E-state index is 11.2. The molecule has 0 aliphatic heterocycles. The van der Waals surface area contributed by atoms with Crippen molar-refractivity contribution in [2.24, 2.45) is 0 Å². The highest BCUT2D eigenvalue weighted by molar-refractivity contribution is 7.99. The highest BCUT2D eigenvalue weighted by atomic mass is 32.2. The minimum Gasteiger partial charge on any atom is -0.357 e. The zero-order valence-corrected chi connectivity index (χ0v) is 12.2. The maximum absolute atomic E-state index is 11.2. The van der Waals surface area contributed by atoms with Crippen LogP contribution in [-0.2, 0) is 0 Å². The summed E-state index contributed by atoms with van der Waals surface area (Å²) in [6.45, 7) is 3.59. The van der Waals surface area contributed by atoms with Crippen LogP contribution in [0.15, 0.2) is 34.2 Å². The molecular formula is C13H14N4O2S. The summed E-state index contributed by atoms with van der Waals surface area (Å²) >= 11 is 1.27. The quantitative estimate of drug-likeness (QED) is 0.529. The standard InChI is InChI=1S/C13H14N4O2S/c1-8-5-4-6-10(7-8)20-12-11(17(18)19)9(2)15-13(14-3)16-12/h4-7H,1-3H3,(H,14,15,16). The van der Waals surface area contributed by atoms with Crippen molar-refractivity contribution in [2.75, 3.05) is 12.4 Å². The molecule has 0 amide bonds. The Labute approximate surface area is 120 Å². The molecule has 6 nitrogen and oxygen atoms in total. The van der Waals surface area contributed by atoms with Gasteiger partial charge in [-0.15, -0.1) is 0 Å². The predicted molar refractivity (Wildman–Crippen MR) is 78.3 cm³/mol. The second-order valence-corrected chi connectivity index (χ2v) is 5.27. The molecule has 1 aromatic carbocycles. The molecule has 0 saturated heterocycles. The zero-order valence-electron chi connectivity index (χ0n) is 11.4. The van der Waals surface area contributed by atoms with E-state index in [0.717, 1.165) is 10.5 Å². The first kappa shape index (κ1) is 14.3. The summed E-state index contributed by atoms with van der Waals surface area (Å²) in [6, 6.07) is 7.75. The van der Waals surface area contributed by atoms with Crippen molar-refractivity contribution < 1.29 is 4.92 Å². The Hall–Kier alpha value is -2.15. The largest absolute Gasteiger partial charge is 0.357 e. The molecule has 20 heavy (non-hydrogen) atoms. The third-order valence-electron chi connectivity index (χ3n) is 2.64. The molecule has 1 heterocycles. The minimum atomic E-state index is -0.438. The molecule has 0 bridgehead atoms. The molecule has 2 rings (SSSR count). The molecule has 0 spiro atoms. The monoisotopic (exact) mass is 290 g/mol. The van der Waals surface area contributed by atoms with E-state index in [1.165, 1.54) is 11.8 Å². The van der Waals surface area contributed by atoms with E-state index < -0.39 is 4.92 Å². The second-order valence-electron chi connectivity index (χ2n) is 4.21. The predicted octanol–water partition coefficient (Wildman–Crippen LogP) is 3.19. The number of aromatic nitrogens is 2. The zero-order chi connectivity index (χ0) is 14.7. The number of hydrogen-bond acceptors (Lipinski definition) is 6. The highest BCUT2D eigenvalue weighted by Crippen LogP contribution is 2.35. The molecule has 7 heteroatoms. The minimum absolute atomic E-state index is 0.0458. The molecule has 0 fully saturated rings. The molecule has 0 unspecified atom stereocenters. The number of nitro groups is 1. The van der Waals surface area contributed by atoms with Gasteiger partial charge in [-0.1, -0.05) is 29.5 Å². The normalized spacial score (nSPS) is 10.3. The summed E-state index contributed by atoms with van der Waals surface area (Å²) in [6.07, 6.45) is 0. The third-order valence-corrected chi connectivity index (χ3v) is 3.60. The number of hydrogen-bond donors (Lipinski definition) is 1. The molecule has 1 N–H and O–H groups in total. The Morgan fingerprint density at radius 3 is 2.65 bits per heavy atom. The van der Waals surface area contributed by atoms with Crippen LogP contribution < -0.4 is 5.32 Å². The van der Waals surface area contributed by atoms with Crippen LogP contribution in [0.25, 0.3) is 0 Å². The average molecular weight is 290 g/mol. The number of benzene rings is 1. The van der Waals surface area contributed by atoms with Gasteiger partial charge in [0, 0.05) is 11.9 Å². The van der Waals surface area contributed by atoms with Gasteiger partial charge < -0.3 is 5.32 Å². The fourth-order valence-electron chi connectivity index (χ4n) is 1.72. The van der Waals surface area contributed by atoms with Gasteiger partial charge in [0.25, 0.3) is 0 Å². The van der Waals surface area contributed by atoms with Gasteiger partial charge in [0.15, 0.2) is 5.03 Å². The fraction of sp³-hybridized carbons (Fsp3) is 0.231. The van der Waals surface area contributed by atoms with Crippen LogP contribution in [0.3, 0.4) is 0 Å². The molecule has 0 saturated carbocycles. The summed E-state index contributed by atoms with van der Waals surface area (Å²) in [5.74, 6) is 0.378. The summed E-state index contributed by atoms with van der Waals surface area (Å²) in [5.41, 5.74) is 1.40. The number of rotatable bonds is 4. The Bertz CT molecular complexity index is 661. The van der Waals surface area contributed by atoms with Crippen molar-refractivity contribution >= 4 is 23.4 Å². The van der Waals surface area contributed by atoms with Crippen molar-refractivity contribution in [3.05, 3.63) is 45.6 Å². The molecule has 0 aliphatic rings. The SMILES string of the molecule is CNc1nc(C)c([N+](=O)[O-])c(Sc2cccc(C)c2)n1. The number of aryl methyl sites for hydroxylation is 2. The van der Waals surface area contributed by atoms with Gasteiger partial charge in [0.05, 0.1) is 4.92 Å². The summed E-state index contributed by atoms with van der Waals surface area (Å²) in [4.78, 5) is 19.9. The number of nitrogens with zero attached hydrogens (tertiary/aromatic N) is 3.